The molecule has 2 aromatic rings. The second-order valence-corrected chi connectivity index (χ2v) is 10.6. The van der Waals surface area contributed by atoms with E-state index in [1.807, 2.05) is 18.3 Å². The van der Waals surface area contributed by atoms with E-state index in [0.717, 1.165) is 55.5 Å². The standard InChI is InChI=1S/C29H33F2N5O5.ClH/c1-40-16-24-25(27(37)41-2)26(18-8-11-21(30)22(31)13-18)36(29(39)34-24)28(38)33-19-14-35(15-19)20-9-6-17(7-10-20)23-5-3-4-12-32-23;/h3-5,8,11-13,17,19-20,26H,6-7,9-10,14-16H2,1-2H3,(H,33,38)(H,34,39);1H/t17?,20?,26-;/m0./s1. The summed E-state index contributed by atoms with van der Waals surface area (Å²) in [7, 11) is 2.52. The third kappa shape index (κ3) is 6.40. The number of benzene rings is 1. The monoisotopic (exact) mass is 605 g/mol. The first-order valence-electron chi connectivity index (χ1n) is 13.6. The van der Waals surface area contributed by atoms with Crippen molar-refractivity contribution in [2.75, 3.05) is 33.9 Å². The van der Waals surface area contributed by atoms with Crippen LogP contribution in [-0.4, -0.2) is 78.8 Å². The number of hydrogen-bond donors (Lipinski definition) is 2. The molecular formula is C29H34ClF2N5O5. The summed E-state index contributed by atoms with van der Waals surface area (Å²) in [5.74, 6) is -2.68. The Kier molecular flexibility index (Phi) is 10.1. The fourth-order valence-corrected chi connectivity index (χ4v) is 5.98. The van der Waals surface area contributed by atoms with Gasteiger partial charge in [-0.25, -0.2) is 28.1 Å². The summed E-state index contributed by atoms with van der Waals surface area (Å²) in [6.07, 6.45) is 5.98. The molecule has 1 aromatic heterocycles. The largest absolute Gasteiger partial charge is 0.466 e. The maximum Gasteiger partial charge on any atom is 0.338 e. The van der Waals surface area contributed by atoms with Gasteiger partial charge in [0.2, 0.25) is 0 Å². The Hall–Kier alpha value is -3.61. The maximum atomic E-state index is 14.3. The number of pyridine rings is 1. The minimum atomic E-state index is -1.37. The van der Waals surface area contributed by atoms with Crippen LogP contribution in [0.5, 0.6) is 0 Å². The number of halogens is 3. The highest BCUT2D eigenvalue weighted by atomic mass is 35.5. The molecule has 1 aromatic carbocycles. The number of urea groups is 2. The number of likely N-dealkylation sites (tertiary alicyclic amines) is 1. The Bertz CT molecular complexity index is 1330. The van der Waals surface area contributed by atoms with Gasteiger partial charge in [-0.15, -0.1) is 12.4 Å². The lowest BCUT2D eigenvalue weighted by molar-refractivity contribution is -0.137. The number of nitrogens with zero attached hydrogens (tertiary/aromatic N) is 3. The first kappa shape index (κ1) is 31.3. The molecule has 2 fully saturated rings. The van der Waals surface area contributed by atoms with Gasteiger partial charge in [0.25, 0.3) is 0 Å². The summed E-state index contributed by atoms with van der Waals surface area (Å²) < 4.78 is 38.1. The first-order valence-corrected chi connectivity index (χ1v) is 13.6. The van der Waals surface area contributed by atoms with Crippen molar-refractivity contribution in [3.05, 3.63) is 76.8 Å². The number of esters is 1. The zero-order chi connectivity index (χ0) is 29.1. The van der Waals surface area contributed by atoms with E-state index in [1.54, 1.807) is 0 Å². The van der Waals surface area contributed by atoms with E-state index in [1.165, 1.54) is 13.2 Å². The fourth-order valence-electron chi connectivity index (χ4n) is 5.98. The lowest BCUT2D eigenvalue weighted by Crippen LogP contribution is -2.65. The number of ether oxygens (including phenoxy) is 2. The van der Waals surface area contributed by atoms with Gasteiger partial charge in [0.05, 0.1) is 31.0 Å². The van der Waals surface area contributed by atoms with Crippen LogP contribution >= 0.6 is 12.4 Å². The summed E-state index contributed by atoms with van der Waals surface area (Å²) in [4.78, 5) is 47.2. The zero-order valence-electron chi connectivity index (χ0n) is 23.3. The number of carbonyl (C=O) groups is 3. The van der Waals surface area contributed by atoms with Crippen molar-refractivity contribution >= 4 is 30.4 Å². The van der Waals surface area contributed by atoms with Crippen LogP contribution in [0.4, 0.5) is 18.4 Å². The van der Waals surface area contributed by atoms with E-state index in [-0.39, 0.29) is 41.9 Å². The number of hydrogen-bond acceptors (Lipinski definition) is 7. The molecule has 10 nitrogen and oxygen atoms in total. The van der Waals surface area contributed by atoms with Gasteiger partial charge in [0.1, 0.15) is 6.04 Å². The number of methoxy groups -OCH3 is 2. The molecule has 226 valence electrons. The Balaban J connectivity index is 0.00000405. The molecule has 3 heterocycles. The number of rotatable bonds is 7. The molecule has 4 amide bonds. The van der Waals surface area contributed by atoms with Crippen molar-refractivity contribution < 1.29 is 32.6 Å². The summed E-state index contributed by atoms with van der Waals surface area (Å²) >= 11 is 0. The number of aromatic nitrogens is 1. The average molecular weight is 606 g/mol. The molecule has 2 N–H and O–H groups in total. The van der Waals surface area contributed by atoms with E-state index in [9.17, 15) is 23.2 Å². The molecule has 1 saturated heterocycles. The van der Waals surface area contributed by atoms with Crippen LogP contribution < -0.4 is 10.6 Å². The van der Waals surface area contributed by atoms with E-state index in [4.69, 9.17) is 9.47 Å². The van der Waals surface area contributed by atoms with Crippen LogP contribution in [0.25, 0.3) is 0 Å². The molecular weight excluding hydrogens is 572 g/mol. The smallest absolute Gasteiger partial charge is 0.338 e. The number of imide groups is 1. The maximum absolute atomic E-state index is 14.3. The number of carbonyl (C=O) groups excluding carboxylic acids is 3. The van der Waals surface area contributed by atoms with Gasteiger partial charge in [-0.05, 0) is 55.5 Å². The van der Waals surface area contributed by atoms with Gasteiger partial charge in [-0.1, -0.05) is 12.1 Å². The van der Waals surface area contributed by atoms with Crippen molar-refractivity contribution in [3.8, 4) is 0 Å². The molecule has 2 aliphatic heterocycles. The predicted octanol–water partition coefficient (Wildman–Crippen LogP) is 4.04. The third-order valence-corrected chi connectivity index (χ3v) is 8.06. The minimum Gasteiger partial charge on any atom is -0.466 e. The molecule has 5 rings (SSSR count). The SMILES string of the molecule is COCC1=C(C(=O)OC)[C@H](c2ccc(F)c(F)c2)N(C(=O)NC2CN(C3CCC(c4ccccn4)CC3)C2)C(=O)N1.Cl. The van der Waals surface area contributed by atoms with Crippen molar-refractivity contribution in [2.45, 2.75) is 49.7 Å². The van der Waals surface area contributed by atoms with Crippen LogP contribution in [0.1, 0.15) is 48.9 Å². The summed E-state index contributed by atoms with van der Waals surface area (Å²) in [6, 6.07) is 6.19. The Labute approximate surface area is 248 Å². The van der Waals surface area contributed by atoms with Crippen molar-refractivity contribution in [3.63, 3.8) is 0 Å². The topological polar surface area (TPSA) is 113 Å². The molecule has 13 heteroatoms. The second-order valence-electron chi connectivity index (χ2n) is 10.6. The average Bonchev–Trinajstić information content (AvgIpc) is 2.96. The van der Waals surface area contributed by atoms with Gasteiger partial charge >= 0.3 is 18.0 Å². The summed E-state index contributed by atoms with van der Waals surface area (Å²) in [6.45, 7) is 1.06. The van der Waals surface area contributed by atoms with E-state index < -0.39 is 35.7 Å². The highest BCUT2D eigenvalue weighted by Gasteiger charge is 2.45. The van der Waals surface area contributed by atoms with E-state index in [2.05, 4.69) is 26.6 Å². The quantitative estimate of drug-likeness (QED) is 0.458. The Morgan fingerprint density at radius 1 is 1.07 bits per heavy atom. The van der Waals surface area contributed by atoms with Crippen molar-refractivity contribution in [1.82, 2.24) is 25.4 Å². The molecule has 1 aliphatic carbocycles. The molecule has 1 saturated carbocycles. The third-order valence-electron chi connectivity index (χ3n) is 8.06. The molecule has 0 bridgehead atoms. The lowest BCUT2D eigenvalue weighted by Gasteiger charge is -2.47. The van der Waals surface area contributed by atoms with Crippen LogP contribution in [0.2, 0.25) is 0 Å². The van der Waals surface area contributed by atoms with Crippen LogP contribution in [-0.2, 0) is 14.3 Å². The van der Waals surface area contributed by atoms with Crippen LogP contribution in [0.3, 0.4) is 0 Å². The van der Waals surface area contributed by atoms with E-state index >= 15 is 0 Å². The normalized spacial score (nSPS) is 23.0. The van der Waals surface area contributed by atoms with Crippen molar-refractivity contribution in [1.29, 1.82) is 0 Å². The first-order chi connectivity index (χ1) is 19.8. The van der Waals surface area contributed by atoms with Gasteiger partial charge < -0.3 is 20.1 Å². The summed E-state index contributed by atoms with van der Waals surface area (Å²) in [5.41, 5.74) is 1.11. The van der Waals surface area contributed by atoms with Gasteiger partial charge in [-0.2, -0.15) is 0 Å². The van der Waals surface area contributed by atoms with Crippen LogP contribution in [0.15, 0.2) is 53.9 Å². The number of amides is 4. The second kappa shape index (κ2) is 13.6. The fraction of sp³-hybridized carbons (Fsp3) is 0.448. The Morgan fingerprint density at radius 3 is 2.43 bits per heavy atom. The molecule has 3 aliphatic rings. The van der Waals surface area contributed by atoms with Gasteiger partial charge in [-0.3, -0.25) is 9.88 Å². The highest BCUT2D eigenvalue weighted by molar-refractivity contribution is 6.01. The summed E-state index contributed by atoms with van der Waals surface area (Å²) in [5, 5.41) is 5.39. The van der Waals surface area contributed by atoms with Crippen molar-refractivity contribution in [2.24, 2.45) is 0 Å². The lowest BCUT2D eigenvalue weighted by atomic mass is 9.82. The molecule has 0 unspecified atom stereocenters. The van der Waals surface area contributed by atoms with E-state index in [0.29, 0.717) is 25.0 Å². The van der Waals surface area contributed by atoms with Gasteiger partial charge in [0.15, 0.2) is 11.6 Å². The molecule has 42 heavy (non-hydrogen) atoms. The molecule has 0 radical (unpaired) electrons. The molecule has 1 atom stereocenters. The predicted molar refractivity (Wildman–Crippen MR) is 151 cm³/mol. The van der Waals surface area contributed by atoms with Gasteiger partial charge in [0, 0.05) is 44.0 Å². The Morgan fingerprint density at radius 2 is 1.81 bits per heavy atom. The highest BCUT2D eigenvalue weighted by Crippen LogP contribution is 2.37. The number of nitrogens with one attached hydrogen (secondary N) is 2. The molecule has 0 spiro atoms. The minimum absolute atomic E-state index is 0. The zero-order valence-corrected chi connectivity index (χ0v) is 24.2. The van der Waals surface area contributed by atoms with Crippen LogP contribution in [0, 0.1) is 11.6 Å².